The van der Waals surface area contributed by atoms with Gasteiger partial charge in [0.2, 0.25) is 10.0 Å². The van der Waals surface area contributed by atoms with Crippen LogP contribution in [0.3, 0.4) is 0 Å². The minimum Gasteiger partial charge on any atom is -0.318 e. The Kier molecular flexibility index (Phi) is 7.39. The molecule has 0 atom stereocenters. The van der Waals surface area contributed by atoms with Gasteiger partial charge in [-0.05, 0) is 19.2 Å². The third-order valence-electron chi connectivity index (χ3n) is 1.85. The summed E-state index contributed by atoms with van der Waals surface area (Å²) in [6.45, 7) is 0.807. The van der Waals surface area contributed by atoms with Gasteiger partial charge in [-0.25, -0.2) is 13.1 Å². The van der Waals surface area contributed by atoms with Crippen LogP contribution in [0.1, 0.15) is 0 Å². The second-order valence-corrected chi connectivity index (χ2v) is 5.57. The Hall–Kier alpha value is -0.0400. The highest BCUT2D eigenvalue weighted by Crippen LogP contribution is 2.28. The lowest BCUT2D eigenvalue weighted by molar-refractivity contribution is 0.579. The van der Waals surface area contributed by atoms with Crippen LogP contribution in [-0.4, -0.2) is 28.6 Å². The number of hydrogen-bond acceptors (Lipinski definition) is 3. The first-order valence-electron chi connectivity index (χ1n) is 4.57. The molecule has 17 heavy (non-hydrogen) atoms. The maximum atomic E-state index is 11.8. The van der Waals surface area contributed by atoms with Crippen LogP contribution in [0.2, 0.25) is 10.0 Å². The second-order valence-electron chi connectivity index (χ2n) is 3.05. The maximum Gasteiger partial charge on any atom is 0.243 e. The van der Waals surface area contributed by atoms with E-state index >= 15 is 0 Å². The lowest BCUT2D eigenvalue weighted by Gasteiger charge is -2.09. The zero-order chi connectivity index (χ0) is 12.2. The van der Waals surface area contributed by atoms with Gasteiger partial charge in [0.25, 0.3) is 0 Å². The summed E-state index contributed by atoms with van der Waals surface area (Å²) >= 11 is 11.6. The summed E-state index contributed by atoms with van der Waals surface area (Å²) < 4.78 is 26.1. The van der Waals surface area contributed by atoms with Gasteiger partial charge in [-0.3, -0.25) is 0 Å². The van der Waals surface area contributed by atoms with Gasteiger partial charge in [-0.2, -0.15) is 0 Å². The Labute approximate surface area is 117 Å². The highest BCUT2D eigenvalue weighted by atomic mass is 35.5. The average molecular weight is 320 g/mol. The molecular formula is C9H13Cl3N2O2S. The van der Waals surface area contributed by atoms with Crippen LogP contribution >= 0.6 is 35.6 Å². The molecule has 0 radical (unpaired) electrons. The molecule has 0 fully saturated rings. The largest absolute Gasteiger partial charge is 0.318 e. The van der Waals surface area contributed by atoms with E-state index in [2.05, 4.69) is 10.0 Å². The molecule has 0 spiro atoms. The summed E-state index contributed by atoms with van der Waals surface area (Å²) in [6.07, 6.45) is 0. The van der Waals surface area contributed by atoms with E-state index in [0.29, 0.717) is 6.54 Å². The van der Waals surface area contributed by atoms with Crippen molar-refractivity contribution < 1.29 is 8.42 Å². The molecule has 98 valence electrons. The van der Waals surface area contributed by atoms with E-state index in [1.54, 1.807) is 13.1 Å². The first-order valence-corrected chi connectivity index (χ1v) is 6.81. The monoisotopic (exact) mass is 318 g/mol. The molecule has 4 nitrogen and oxygen atoms in total. The van der Waals surface area contributed by atoms with Gasteiger partial charge in [0.05, 0.1) is 10.0 Å². The molecule has 1 aromatic rings. The zero-order valence-corrected chi connectivity index (χ0v) is 12.2. The molecule has 2 N–H and O–H groups in total. The summed E-state index contributed by atoms with van der Waals surface area (Å²) in [5.41, 5.74) is 0. The minimum atomic E-state index is -3.65. The quantitative estimate of drug-likeness (QED) is 0.815. The topological polar surface area (TPSA) is 58.2 Å². The molecule has 0 amide bonds. The number of hydrogen-bond donors (Lipinski definition) is 2. The van der Waals surface area contributed by atoms with Crippen molar-refractivity contribution in [2.45, 2.75) is 4.90 Å². The van der Waals surface area contributed by atoms with E-state index in [0.717, 1.165) is 0 Å². The van der Waals surface area contributed by atoms with E-state index in [1.165, 1.54) is 12.1 Å². The van der Waals surface area contributed by atoms with Crippen LogP contribution in [0.5, 0.6) is 0 Å². The standard InChI is InChI=1S/C9H12Cl2N2O2S.ClH/c1-12-5-6-13-16(14,15)9-7(10)3-2-4-8(9)11;/h2-4,12-13H,5-6H2,1H3;1H. The number of sulfonamides is 1. The minimum absolute atomic E-state index is 0. The van der Waals surface area contributed by atoms with Gasteiger partial charge in [0.1, 0.15) is 4.90 Å². The fraction of sp³-hybridized carbons (Fsp3) is 0.333. The molecule has 0 saturated carbocycles. The Morgan fingerprint density at radius 2 is 1.71 bits per heavy atom. The summed E-state index contributed by atoms with van der Waals surface area (Å²) in [4.78, 5) is -0.0746. The first-order chi connectivity index (χ1) is 7.49. The molecular weight excluding hydrogens is 307 g/mol. The number of likely N-dealkylation sites (N-methyl/N-ethyl adjacent to an activating group) is 1. The molecule has 0 aromatic heterocycles. The number of nitrogens with one attached hydrogen (secondary N) is 2. The molecule has 0 aliphatic carbocycles. The van der Waals surface area contributed by atoms with Gasteiger partial charge in [-0.1, -0.05) is 29.3 Å². The van der Waals surface area contributed by atoms with Crippen LogP contribution in [0.4, 0.5) is 0 Å². The molecule has 0 heterocycles. The summed E-state index contributed by atoms with van der Waals surface area (Å²) in [5, 5.41) is 3.06. The van der Waals surface area contributed by atoms with E-state index in [9.17, 15) is 8.42 Å². The van der Waals surface area contributed by atoms with Crippen LogP contribution in [0.25, 0.3) is 0 Å². The van der Waals surface area contributed by atoms with Gasteiger partial charge >= 0.3 is 0 Å². The number of rotatable bonds is 5. The van der Waals surface area contributed by atoms with Gasteiger partial charge in [-0.15, -0.1) is 12.4 Å². The van der Waals surface area contributed by atoms with Crippen LogP contribution < -0.4 is 10.0 Å². The first kappa shape index (κ1) is 17.0. The zero-order valence-electron chi connectivity index (χ0n) is 9.04. The van der Waals surface area contributed by atoms with Gasteiger partial charge in [0.15, 0.2) is 0 Å². The lowest BCUT2D eigenvalue weighted by Crippen LogP contribution is -2.30. The Bertz CT molecular complexity index is 445. The predicted molar refractivity (Wildman–Crippen MR) is 72.8 cm³/mol. The third kappa shape index (κ3) is 4.62. The molecule has 0 aliphatic heterocycles. The third-order valence-corrected chi connectivity index (χ3v) is 4.27. The van der Waals surface area contributed by atoms with Crippen molar-refractivity contribution in [2.24, 2.45) is 0 Å². The highest BCUT2D eigenvalue weighted by molar-refractivity contribution is 7.89. The van der Waals surface area contributed by atoms with E-state index in [4.69, 9.17) is 23.2 Å². The lowest BCUT2D eigenvalue weighted by atomic mass is 10.4. The van der Waals surface area contributed by atoms with Crippen LogP contribution in [0, 0.1) is 0 Å². The fourth-order valence-corrected chi connectivity index (χ4v) is 3.29. The van der Waals surface area contributed by atoms with Crippen LogP contribution in [0.15, 0.2) is 23.1 Å². The molecule has 0 bridgehead atoms. The Morgan fingerprint density at radius 3 is 2.18 bits per heavy atom. The normalized spacial score (nSPS) is 11.0. The Balaban J connectivity index is 0.00000256. The fourth-order valence-electron chi connectivity index (χ4n) is 1.12. The van der Waals surface area contributed by atoms with E-state index in [1.807, 2.05) is 0 Å². The van der Waals surface area contributed by atoms with E-state index < -0.39 is 10.0 Å². The van der Waals surface area contributed by atoms with Crippen molar-refractivity contribution in [3.05, 3.63) is 28.2 Å². The van der Waals surface area contributed by atoms with Crippen molar-refractivity contribution in [3.63, 3.8) is 0 Å². The maximum absolute atomic E-state index is 11.8. The van der Waals surface area contributed by atoms with Crippen molar-refractivity contribution in [1.29, 1.82) is 0 Å². The number of benzene rings is 1. The SMILES string of the molecule is CNCCNS(=O)(=O)c1c(Cl)cccc1Cl.Cl. The van der Waals surface area contributed by atoms with Gasteiger partial charge in [0, 0.05) is 13.1 Å². The van der Waals surface area contributed by atoms with Crippen molar-refractivity contribution >= 4 is 45.6 Å². The Morgan fingerprint density at radius 1 is 1.18 bits per heavy atom. The van der Waals surface area contributed by atoms with Crippen molar-refractivity contribution in [2.75, 3.05) is 20.1 Å². The second kappa shape index (κ2) is 7.41. The number of halogens is 3. The van der Waals surface area contributed by atoms with Crippen molar-refractivity contribution in [3.8, 4) is 0 Å². The highest BCUT2D eigenvalue weighted by Gasteiger charge is 2.20. The van der Waals surface area contributed by atoms with E-state index in [-0.39, 0.29) is 33.9 Å². The van der Waals surface area contributed by atoms with Crippen molar-refractivity contribution in [1.82, 2.24) is 10.0 Å². The van der Waals surface area contributed by atoms with Gasteiger partial charge < -0.3 is 5.32 Å². The van der Waals surface area contributed by atoms with Crippen LogP contribution in [-0.2, 0) is 10.0 Å². The molecule has 0 aliphatic rings. The molecule has 1 aromatic carbocycles. The smallest absolute Gasteiger partial charge is 0.243 e. The molecule has 8 heteroatoms. The summed E-state index contributed by atoms with van der Waals surface area (Å²) in [5.74, 6) is 0. The molecule has 0 saturated heterocycles. The molecule has 0 unspecified atom stereocenters. The molecule has 1 rings (SSSR count). The summed E-state index contributed by atoms with van der Waals surface area (Å²) in [7, 11) is -1.91. The predicted octanol–water partition coefficient (Wildman–Crippen LogP) is 1.91. The average Bonchev–Trinajstić information content (AvgIpc) is 2.17. The summed E-state index contributed by atoms with van der Waals surface area (Å²) in [6, 6.07) is 4.57.